The Balaban J connectivity index is 2.25. The molecule has 20 heavy (non-hydrogen) atoms. The largest absolute Gasteiger partial charge is 0.416 e. The third kappa shape index (κ3) is 3.34. The van der Waals surface area contributed by atoms with Gasteiger partial charge in [0.05, 0.1) is 11.1 Å². The van der Waals surface area contributed by atoms with Crippen molar-refractivity contribution < 1.29 is 18.0 Å². The summed E-state index contributed by atoms with van der Waals surface area (Å²) < 4.78 is 38.5. The van der Waals surface area contributed by atoms with Gasteiger partial charge in [-0.15, -0.1) is 0 Å². The average molecular weight is 350 g/mol. The Morgan fingerprint density at radius 1 is 1.30 bits per heavy atom. The first kappa shape index (κ1) is 15.4. The van der Waals surface area contributed by atoms with Crippen LogP contribution in [-0.4, -0.2) is 23.9 Å². The first-order valence-corrected chi connectivity index (χ1v) is 7.24. The van der Waals surface area contributed by atoms with E-state index in [1.807, 2.05) is 0 Å². The topological polar surface area (TPSA) is 20.3 Å². The van der Waals surface area contributed by atoms with E-state index < -0.39 is 11.7 Å². The second-order valence-electron chi connectivity index (χ2n) is 5.17. The summed E-state index contributed by atoms with van der Waals surface area (Å²) in [4.78, 5) is 14.0. The minimum atomic E-state index is -4.44. The summed E-state index contributed by atoms with van der Waals surface area (Å²) in [5, 5.41) is 0. The van der Waals surface area contributed by atoms with Crippen molar-refractivity contribution in [3.05, 3.63) is 33.8 Å². The molecular weight excluding hydrogens is 335 g/mol. The number of benzene rings is 1. The number of amides is 1. The van der Waals surface area contributed by atoms with Gasteiger partial charge < -0.3 is 4.90 Å². The Morgan fingerprint density at radius 2 is 1.90 bits per heavy atom. The zero-order valence-electron chi connectivity index (χ0n) is 11.0. The van der Waals surface area contributed by atoms with Gasteiger partial charge in [-0.2, -0.15) is 13.2 Å². The van der Waals surface area contributed by atoms with Crippen LogP contribution in [0.4, 0.5) is 13.2 Å². The highest BCUT2D eigenvalue weighted by Gasteiger charge is 2.32. The highest BCUT2D eigenvalue weighted by molar-refractivity contribution is 9.10. The fraction of sp³-hybridized carbons (Fsp3) is 0.500. The van der Waals surface area contributed by atoms with E-state index in [0.717, 1.165) is 25.0 Å². The molecule has 0 aliphatic carbocycles. The molecule has 1 heterocycles. The minimum absolute atomic E-state index is 0.0781. The second kappa shape index (κ2) is 5.76. The molecule has 0 bridgehead atoms. The van der Waals surface area contributed by atoms with Gasteiger partial charge in [-0.3, -0.25) is 4.79 Å². The lowest BCUT2D eigenvalue weighted by Crippen LogP contribution is -2.38. The van der Waals surface area contributed by atoms with Crippen molar-refractivity contribution in [3.8, 4) is 0 Å². The zero-order chi connectivity index (χ0) is 14.9. The SMILES string of the molecule is CC1CCN(C(=O)c2cc(C(F)(F)F)ccc2Br)CC1. The van der Waals surface area contributed by atoms with E-state index in [1.54, 1.807) is 4.90 Å². The molecule has 6 heteroatoms. The van der Waals surface area contributed by atoms with E-state index in [9.17, 15) is 18.0 Å². The van der Waals surface area contributed by atoms with Crippen LogP contribution in [0, 0.1) is 5.92 Å². The van der Waals surface area contributed by atoms with Gasteiger partial charge in [-0.05, 0) is 52.9 Å². The lowest BCUT2D eigenvalue weighted by molar-refractivity contribution is -0.137. The summed E-state index contributed by atoms with van der Waals surface area (Å²) in [7, 11) is 0. The summed E-state index contributed by atoms with van der Waals surface area (Å²) in [6.45, 7) is 3.31. The zero-order valence-corrected chi connectivity index (χ0v) is 12.6. The van der Waals surface area contributed by atoms with Crippen molar-refractivity contribution in [1.29, 1.82) is 0 Å². The quantitative estimate of drug-likeness (QED) is 0.738. The molecule has 0 N–H and O–H groups in total. The minimum Gasteiger partial charge on any atom is -0.339 e. The van der Waals surface area contributed by atoms with Gasteiger partial charge in [0.15, 0.2) is 0 Å². The first-order valence-electron chi connectivity index (χ1n) is 6.45. The van der Waals surface area contributed by atoms with Crippen molar-refractivity contribution in [2.24, 2.45) is 5.92 Å². The number of carbonyl (C=O) groups is 1. The second-order valence-corrected chi connectivity index (χ2v) is 6.02. The van der Waals surface area contributed by atoms with E-state index in [2.05, 4.69) is 22.9 Å². The third-order valence-electron chi connectivity index (χ3n) is 3.59. The van der Waals surface area contributed by atoms with E-state index in [-0.39, 0.29) is 11.5 Å². The van der Waals surface area contributed by atoms with Crippen LogP contribution in [0.1, 0.15) is 35.7 Å². The van der Waals surface area contributed by atoms with E-state index in [4.69, 9.17) is 0 Å². The predicted molar refractivity (Wildman–Crippen MR) is 73.4 cm³/mol. The maximum atomic E-state index is 12.7. The van der Waals surface area contributed by atoms with Gasteiger partial charge in [0, 0.05) is 17.6 Å². The Morgan fingerprint density at radius 3 is 2.45 bits per heavy atom. The predicted octanol–water partition coefficient (Wildman–Crippen LogP) is 4.34. The van der Waals surface area contributed by atoms with Crippen molar-refractivity contribution in [2.75, 3.05) is 13.1 Å². The Bertz CT molecular complexity index is 508. The fourth-order valence-electron chi connectivity index (χ4n) is 2.25. The van der Waals surface area contributed by atoms with Gasteiger partial charge in [-0.1, -0.05) is 6.92 Å². The standard InChI is InChI=1S/C14H15BrF3NO/c1-9-4-6-19(7-5-9)13(20)11-8-10(14(16,17)18)2-3-12(11)15/h2-3,8-9H,4-7H2,1H3. The van der Waals surface area contributed by atoms with Crippen LogP contribution in [0.2, 0.25) is 0 Å². The number of nitrogens with zero attached hydrogens (tertiary/aromatic N) is 1. The van der Waals surface area contributed by atoms with Gasteiger partial charge >= 0.3 is 6.18 Å². The maximum Gasteiger partial charge on any atom is 0.416 e. The van der Waals surface area contributed by atoms with Crippen LogP contribution < -0.4 is 0 Å². The lowest BCUT2D eigenvalue weighted by Gasteiger charge is -2.30. The van der Waals surface area contributed by atoms with E-state index in [0.29, 0.717) is 23.5 Å². The summed E-state index contributed by atoms with van der Waals surface area (Å²) in [6, 6.07) is 3.17. The molecule has 0 spiro atoms. The van der Waals surface area contributed by atoms with E-state index >= 15 is 0 Å². The number of piperidine rings is 1. The third-order valence-corrected chi connectivity index (χ3v) is 4.29. The first-order chi connectivity index (χ1) is 9.29. The van der Waals surface area contributed by atoms with Gasteiger partial charge in [0.1, 0.15) is 0 Å². The van der Waals surface area contributed by atoms with Gasteiger partial charge in [0.25, 0.3) is 5.91 Å². The summed E-state index contributed by atoms with van der Waals surface area (Å²) in [6.07, 6.45) is -2.66. The number of hydrogen-bond acceptors (Lipinski definition) is 1. The Labute approximate surface area is 124 Å². The highest BCUT2D eigenvalue weighted by atomic mass is 79.9. The molecule has 0 atom stereocenters. The maximum absolute atomic E-state index is 12.7. The molecule has 2 rings (SSSR count). The number of likely N-dealkylation sites (tertiary alicyclic amines) is 1. The van der Waals surface area contributed by atoms with E-state index in [1.165, 1.54) is 6.07 Å². The average Bonchev–Trinajstić information content (AvgIpc) is 2.38. The number of halogens is 4. The van der Waals surface area contributed by atoms with Crippen molar-refractivity contribution in [3.63, 3.8) is 0 Å². The molecule has 0 unspecified atom stereocenters. The molecule has 1 aromatic carbocycles. The van der Waals surface area contributed by atoms with Crippen LogP contribution in [0.25, 0.3) is 0 Å². The molecule has 0 aromatic heterocycles. The fourth-order valence-corrected chi connectivity index (χ4v) is 2.66. The number of hydrogen-bond donors (Lipinski definition) is 0. The normalized spacial score (nSPS) is 17.4. The summed E-state index contributed by atoms with van der Waals surface area (Å²) in [5.74, 6) is 0.221. The lowest BCUT2D eigenvalue weighted by atomic mass is 9.98. The smallest absolute Gasteiger partial charge is 0.339 e. The van der Waals surface area contributed by atoms with Crippen molar-refractivity contribution in [2.45, 2.75) is 25.9 Å². The monoisotopic (exact) mass is 349 g/mol. The molecule has 110 valence electrons. The molecule has 0 saturated carbocycles. The molecular formula is C14H15BrF3NO. The molecule has 1 amide bonds. The summed E-state index contributed by atoms with van der Waals surface area (Å²) >= 11 is 3.16. The molecule has 0 radical (unpaired) electrons. The van der Waals surface area contributed by atoms with Crippen LogP contribution >= 0.6 is 15.9 Å². The van der Waals surface area contributed by atoms with Crippen LogP contribution in [-0.2, 0) is 6.18 Å². The molecule has 2 nitrogen and oxygen atoms in total. The van der Waals surface area contributed by atoms with Crippen LogP contribution in [0.3, 0.4) is 0 Å². The Kier molecular flexibility index (Phi) is 4.42. The molecule has 1 aromatic rings. The number of rotatable bonds is 1. The van der Waals surface area contributed by atoms with Gasteiger partial charge in [0.2, 0.25) is 0 Å². The molecule has 1 saturated heterocycles. The summed E-state index contributed by atoms with van der Waals surface area (Å²) in [5.41, 5.74) is -0.719. The van der Waals surface area contributed by atoms with Crippen LogP contribution in [0.5, 0.6) is 0 Å². The highest BCUT2D eigenvalue weighted by Crippen LogP contribution is 2.32. The molecule has 1 fully saturated rings. The van der Waals surface area contributed by atoms with Crippen LogP contribution in [0.15, 0.2) is 22.7 Å². The number of carbonyl (C=O) groups excluding carboxylic acids is 1. The molecule has 1 aliphatic rings. The van der Waals surface area contributed by atoms with Crippen molar-refractivity contribution >= 4 is 21.8 Å². The Hall–Kier alpha value is -1.04. The van der Waals surface area contributed by atoms with Crippen molar-refractivity contribution in [1.82, 2.24) is 4.90 Å². The molecule has 1 aliphatic heterocycles. The van der Waals surface area contributed by atoms with Gasteiger partial charge in [-0.25, -0.2) is 0 Å². The number of alkyl halides is 3.